The zero-order valence-electron chi connectivity index (χ0n) is 23.6. The van der Waals surface area contributed by atoms with Crippen molar-refractivity contribution in [2.24, 2.45) is 5.41 Å². The molecule has 0 saturated carbocycles. The minimum atomic E-state index is -0.0522. The van der Waals surface area contributed by atoms with Gasteiger partial charge in [-0.3, -0.25) is 0 Å². The molecule has 2 nitrogen and oxygen atoms in total. The summed E-state index contributed by atoms with van der Waals surface area (Å²) in [6.45, 7) is 11.6. The van der Waals surface area contributed by atoms with Crippen molar-refractivity contribution >= 4 is 33.2 Å². The van der Waals surface area contributed by atoms with E-state index >= 15 is 0 Å². The molecular weight excluding hydrogens is 472 g/mol. The van der Waals surface area contributed by atoms with Gasteiger partial charge < -0.3 is 9.47 Å². The summed E-state index contributed by atoms with van der Waals surface area (Å²) >= 11 is 0. The maximum Gasteiger partial charge on any atom is 0.0582 e. The van der Waals surface area contributed by atoms with E-state index in [0.717, 1.165) is 6.42 Å². The van der Waals surface area contributed by atoms with Crippen molar-refractivity contribution in [1.82, 2.24) is 4.57 Å². The highest BCUT2D eigenvalue weighted by atomic mass is 15.2. The first kappa shape index (κ1) is 24.0. The van der Waals surface area contributed by atoms with Gasteiger partial charge in [0.15, 0.2) is 0 Å². The summed E-state index contributed by atoms with van der Waals surface area (Å²) in [6.07, 6.45) is 8.15. The Morgan fingerprint density at radius 2 is 1.51 bits per heavy atom. The fourth-order valence-electron chi connectivity index (χ4n) is 6.78. The van der Waals surface area contributed by atoms with E-state index in [4.69, 9.17) is 0 Å². The number of fused-ring (bicyclic) bond motifs is 5. The van der Waals surface area contributed by atoms with E-state index in [1.807, 2.05) is 0 Å². The molecule has 2 aliphatic rings. The smallest absolute Gasteiger partial charge is 0.0582 e. The van der Waals surface area contributed by atoms with Crippen LogP contribution in [0.4, 0.5) is 11.4 Å². The van der Waals surface area contributed by atoms with Gasteiger partial charge in [0.2, 0.25) is 0 Å². The zero-order valence-corrected chi connectivity index (χ0v) is 23.6. The predicted molar refractivity (Wildman–Crippen MR) is 167 cm³/mol. The number of benzene rings is 4. The molecule has 0 N–H and O–H groups in total. The van der Waals surface area contributed by atoms with Crippen LogP contribution in [-0.4, -0.2) is 10.6 Å². The van der Waals surface area contributed by atoms with Crippen LogP contribution in [0.2, 0.25) is 0 Å². The van der Waals surface area contributed by atoms with Gasteiger partial charge in [-0.1, -0.05) is 107 Å². The van der Waals surface area contributed by atoms with Crippen LogP contribution in [0.15, 0.2) is 115 Å². The standard InChI is InChI=1S/C37H36N2/c1-36(2,3)25-18-20-27(21-19-25)38(26-12-7-6-8-13-26)28-22-23-33-30(24-28)29-14-11-16-32-35(29)39(33)34-17-10-9-15-31(34)37(32,4)5/h6-20,22-24,27H,21H2,1-5H3. The van der Waals surface area contributed by atoms with Crippen molar-refractivity contribution < 1.29 is 0 Å². The van der Waals surface area contributed by atoms with Crippen LogP contribution in [-0.2, 0) is 5.41 Å². The van der Waals surface area contributed by atoms with Gasteiger partial charge in [0.05, 0.1) is 22.8 Å². The predicted octanol–water partition coefficient (Wildman–Crippen LogP) is 9.86. The van der Waals surface area contributed by atoms with Gasteiger partial charge in [0.25, 0.3) is 0 Å². The Hall–Kier alpha value is -4.04. The third-order valence-corrected chi connectivity index (χ3v) is 8.85. The first-order chi connectivity index (χ1) is 18.7. The fourth-order valence-corrected chi connectivity index (χ4v) is 6.78. The van der Waals surface area contributed by atoms with Gasteiger partial charge in [-0.2, -0.15) is 0 Å². The van der Waals surface area contributed by atoms with E-state index in [0.29, 0.717) is 0 Å². The third-order valence-electron chi connectivity index (χ3n) is 8.85. The topological polar surface area (TPSA) is 8.17 Å². The summed E-state index contributed by atoms with van der Waals surface area (Å²) in [5.74, 6) is 0. The lowest BCUT2D eigenvalue weighted by molar-refractivity contribution is 0.510. The fraction of sp³-hybridized carbons (Fsp3) is 0.243. The molecule has 1 unspecified atom stereocenters. The number of rotatable bonds is 3. The van der Waals surface area contributed by atoms with Crippen molar-refractivity contribution in [3.63, 3.8) is 0 Å². The Balaban J connectivity index is 1.44. The van der Waals surface area contributed by atoms with Gasteiger partial charge in [-0.15, -0.1) is 0 Å². The molecule has 2 heteroatoms. The molecule has 1 aliphatic carbocycles. The molecule has 5 aromatic rings. The van der Waals surface area contributed by atoms with E-state index < -0.39 is 0 Å². The molecular formula is C37H36N2. The number of hydrogen-bond acceptors (Lipinski definition) is 1. The first-order valence-corrected chi connectivity index (χ1v) is 14.2. The van der Waals surface area contributed by atoms with Crippen LogP contribution >= 0.6 is 0 Å². The summed E-state index contributed by atoms with van der Waals surface area (Å²) in [7, 11) is 0. The molecule has 1 aliphatic heterocycles. The summed E-state index contributed by atoms with van der Waals surface area (Å²) in [5.41, 5.74) is 10.7. The minimum absolute atomic E-state index is 0.0522. The lowest BCUT2D eigenvalue weighted by Crippen LogP contribution is -2.30. The Morgan fingerprint density at radius 3 is 2.26 bits per heavy atom. The van der Waals surface area contributed by atoms with Crippen LogP contribution in [0.1, 0.15) is 52.2 Å². The average Bonchev–Trinajstić information content (AvgIpc) is 3.27. The molecule has 7 rings (SSSR count). The van der Waals surface area contributed by atoms with Crippen LogP contribution in [0, 0.1) is 5.41 Å². The maximum absolute atomic E-state index is 2.51. The molecule has 2 heterocycles. The van der Waals surface area contributed by atoms with Crippen LogP contribution < -0.4 is 4.90 Å². The van der Waals surface area contributed by atoms with Gasteiger partial charge in [0.1, 0.15) is 0 Å². The van der Waals surface area contributed by atoms with Crippen molar-refractivity contribution in [1.29, 1.82) is 0 Å². The Bertz CT molecular complexity index is 1790. The molecule has 1 aromatic heterocycles. The van der Waals surface area contributed by atoms with Crippen molar-refractivity contribution in [3.05, 3.63) is 126 Å². The monoisotopic (exact) mass is 508 g/mol. The highest BCUT2D eigenvalue weighted by molar-refractivity contribution is 6.12. The molecule has 4 aromatic carbocycles. The van der Waals surface area contributed by atoms with Crippen molar-refractivity contribution in [2.45, 2.75) is 52.5 Å². The SMILES string of the molecule is CC(C)(C)C1=CCC(N(c2ccccc2)c2ccc3c(c2)c2cccc4c2n3-c2ccccc2C4(C)C)C=C1. The number of para-hydroxylation sites is 3. The Morgan fingerprint density at radius 1 is 0.769 bits per heavy atom. The van der Waals surface area contributed by atoms with E-state index in [1.54, 1.807) is 0 Å². The first-order valence-electron chi connectivity index (χ1n) is 14.2. The van der Waals surface area contributed by atoms with E-state index in [9.17, 15) is 0 Å². The molecule has 1 atom stereocenters. The number of allylic oxidation sites excluding steroid dienone is 2. The van der Waals surface area contributed by atoms with Crippen LogP contribution in [0.25, 0.3) is 27.5 Å². The van der Waals surface area contributed by atoms with Crippen LogP contribution in [0.5, 0.6) is 0 Å². The Labute approximate surface area is 231 Å². The molecule has 194 valence electrons. The van der Waals surface area contributed by atoms with Gasteiger partial charge in [-0.05, 0) is 64.9 Å². The van der Waals surface area contributed by atoms with E-state index in [-0.39, 0.29) is 16.9 Å². The molecule has 0 spiro atoms. The number of nitrogens with zero attached hydrogens (tertiary/aromatic N) is 2. The molecule has 0 saturated heterocycles. The summed E-state index contributed by atoms with van der Waals surface area (Å²) in [4.78, 5) is 2.51. The van der Waals surface area contributed by atoms with Crippen molar-refractivity contribution in [3.8, 4) is 5.69 Å². The van der Waals surface area contributed by atoms with Gasteiger partial charge in [-0.25, -0.2) is 0 Å². The maximum atomic E-state index is 2.51. The molecule has 0 radical (unpaired) electrons. The van der Waals surface area contributed by atoms with Gasteiger partial charge in [0, 0.05) is 27.6 Å². The highest BCUT2D eigenvalue weighted by Crippen LogP contribution is 2.48. The molecule has 39 heavy (non-hydrogen) atoms. The number of hydrogen-bond donors (Lipinski definition) is 0. The second kappa shape index (κ2) is 8.48. The summed E-state index contributed by atoms with van der Waals surface area (Å²) < 4.78 is 2.50. The van der Waals surface area contributed by atoms with E-state index in [2.05, 4.69) is 153 Å². The number of aromatic nitrogens is 1. The Kier molecular flexibility index (Phi) is 5.23. The normalized spacial score (nSPS) is 17.8. The largest absolute Gasteiger partial charge is 0.334 e. The number of anilines is 2. The molecule has 0 bridgehead atoms. The van der Waals surface area contributed by atoms with Crippen LogP contribution in [0.3, 0.4) is 0 Å². The quantitative estimate of drug-likeness (QED) is 0.235. The molecule has 0 amide bonds. The second-order valence-electron chi connectivity index (χ2n) is 12.7. The average molecular weight is 509 g/mol. The van der Waals surface area contributed by atoms with E-state index in [1.165, 1.54) is 55.6 Å². The van der Waals surface area contributed by atoms with Gasteiger partial charge >= 0.3 is 0 Å². The lowest BCUT2D eigenvalue weighted by atomic mass is 9.75. The summed E-state index contributed by atoms with van der Waals surface area (Å²) in [5, 5.41) is 2.64. The second-order valence-corrected chi connectivity index (χ2v) is 12.7. The minimum Gasteiger partial charge on any atom is -0.334 e. The molecule has 0 fully saturated rings. The summed E-state index contributed by atoms with van der Waals surface area (Å²) in [6, 6.07) is 33.9. The zero-order chi connectivity index (χ0) is 26.9. The van der Waals surface area contributed by atoms with Crippen molar-refractivity contribution in [2.75, 3.05) is 4.90 Å². The lowest BCUT2D eigenvalue weighted by Gasteiger charge is -2.35. The highest BCUT2D eigenvalue weighted by Gasteiger charge is 2.35. The third kappa shape index (κ3) is 3.61.